The summed E-state index contributed by atoms with van der Waals surface area (Å²) in [6.07, 6.45) is 0.335. The molecule has 0 bridgehead atoms. The van der Waals surface area contributed by atoms with Crippen molar-refractivity contribution in [3.63, 3.8) is 0 Å². The Morgan fingerprint density at radius 3 is 2.27 bits per heavy atom. The first kappa shape index (κ1) is 10.1. The minimum atomic E-state index is -1.13. The first-order valence-electron chi connectivity index (χ1n) is 3.51. The molecule has 0 aromatic heterocycles. The summed E-state index contributed by atoms with van der Waals surface area (Å²) in [5.74, 6) is -1.82. The van der Waals surface area contributed by atoms with Crippen molar-refractivity contribution in [1.29, 1.82) is 0 Å². The van der Waals surface area contributed by atoms with Crippen molar-refractivity contribution in [1.82, 2.24) is 0 Å². The van der Waals surface area contributed by atoms with E-state index in [0.717, 1.165) is 0 Å². The summed E-state index contributed by atoms with van der Waals surface area (Å²) in [7, 11) is 0. The summed E-state index contributed by atoms with van der Waals surface area (Å²) in [4.78, 5) is 21.2. The van der Waals surface area contributed by atoms with E-state index in [1.54, 1.807) is 6.92 Å². The normalized spacial score (nSPS) is 15.5. The molecule has 11 heavy (non-hydrogen) atoms. The Kier molecular flexibility index (Phi) is 3.74. The number of carbonyl (C=O) groups excluding carboxylic acids is 1. The molecule has 0 heterocycles. The number of carboxylic acids is 1. The van der Waals surface area contributed by atoms with Gasteiger partial charge in [-0.1, -0.05) is 13.8 Å². The van der Waals surface area contributed by atoms with Crippen LogP contribution in [0.4, 0.5) is 0 Å². The fraction of sp³-hybridized carbons (Fsp3) is 0.714. The Hall–Kier alpha value is -0.900. The maximum absolute atomic E-state index is 10.9. The van der Waals surface area contributed by atoms with Crippen LogP contribution in [0.2, 0.25) is 0 Å². The van der Waals surface area contributed by atoms with Crippen LogP contribution in [0.15, 0.2) is 0 Å². The molecule has 0 fully saturated rings. The largest absolute Gasteiger partial charge is 0.480 e. The number of nitrogens with two attached hydrogens (primary N) is 1. The first-order valence-corrected chi connectivity index (χ1v) is 3.51. The molecular formula is C7H13NO3. The number of rotatable bonds is 4. The zero-order valence-electron chi connectivity index (χ0n) is 6.70. The van der Waals surface area contributed by atoms with Crippen molar-refractivity contribution >= 4 is 11.8 Å². The molecule has 0 saturated carbocycles. The van der Waals surface area contributed by atoms with Gasteiger partial charge in [0.1, 0.15) is 11.8 Å². The van der Waals surface area contributed by atoms with Crippen LogP contribution in [-0.2, 0) is 9.59 Å². The zero-order chi connectivity index (χ0) is 9.02. The standard InChI is InChI=1S/C7H13NO3/c1-3-5(9)4(2)6(8)7(10)11/h4,6H,3,8H2,1-2H3,(H,10,11)/t4-,6-/m0/s1. The van der Waals surface area contributed by atoms with Crippen LogP contribution in [0.25, 0.3) is 0 Å². The van der Waals surface area contributed by atoms with E-state index in [0.29, 0.717) is 6.42 Å². The van der Waals surface area contributed by atoms with Gasteiger partial charge in [0.15, 0.2) is 0 Å². The highest BCUT2D eigenvalue weighted by atomic mass is 16.4. The predicted octanol–water partition coefficient (Wildman–Crippen LogP) is 0.0135. The van der Waals surface area contributed by atoms with E-state index in [-0.39, 0.29) is 5.78 Å². The topological polar surface area (TPSA) is 80.4 Å². The lowest BCUT2D eigenvalue weighted by atomic mass is 9.96. The van der Waals surface area contributed by atoms with Gasteiger partial charge in [0.2, 0.25) is 0 Å². The van der Waals surface area contributed by atoms with Crippen molar-refractivity contribution in [2.45, 2.75) is 26.3 Å². The highest BCUT2D eigenvalue weighted by molar-refractivity contribution is 5.87. The van der Waals surface area contributed by atoms with E-state index in [9.17, 15) is 9.59 Å². The summed E-state index contributed by atoms with van der Waals surface area (Å²) in [6, 6.07) is -1.07. The maximum Gasteiger partial charge on any atom is 0.321 e. The van der Waals surface area contributed by atoms with E-state index in [1.165, 1.54) is 6.92 Å². The summed E-state index contributed by atoms with van der Waals surface area (Å²) in [5, 5.41) is 8.42. The number of Topliss-reactive ketones (excluding diaryl/α,β-unsaturated/α-hetero) is 1. The average Bonchev–Trinajstić information content (AvgIpc) is 2.00. The number of ketones is 1. The lowest BCUT2D eigenvalue weighted by Gasteiger charge is -2.12. The third-order valence-corrected chi connectivity index (χ3v) is 1.68. The van der Waals surface area contributed by atoms with E-state index >= 15 is 0 Å². The van der Waals surface area contributed by atoms with E-state index < -0.39 is 17.9 Å². The molecule has 0 radical (unpaired) electrons. The molecule has 0 unspecified atom stereocenters. The second-order valence-electron chi connectivity index (χ2n) is 2.47. The Balaban J connectivity index is 4.12. The van der Waals surface area contributed by atoms with Crippen LogP contribution in [0.5, 0.6) is 0 Å². The molecule has 0 amide bonds. The fourth-order valence-electron chi connectivity index (χ4n) is 0.736. The molecular weight excluding hydrogens is 146 g/mol. The van der Waals surface area contributed by atoms with E-state index in [4.69, 9.17) is 10.8 Å². The van der Waals surface area contributed by atoms with Gasteiger partial charge in [0, 0.05) is 12.3 Å². The summed E-state index contributed by atoms with van der Waals surface area (Å²) < 4.78 is 0. The molecule has 64 valence electrons. The van der Waals surface area contributed by atoms with Gasteiger partial charge in [-0.05, 0) is 0 Å². The first-order chi connectivity index (χ1) is 5.00. The van der Waals surface area contributed by atoms with Crippen molar-refractivity contribution in [3.8, 4) is 0 Å². The highest BCUT2D eigenvalue weighted by Crippen LogP contribution is 2.04. The zero-order valence-corrected chi connectivity index (χ0v) is 6.70. The number of aliphatic carboxylic acids is 1. The Labute approximate surface area is 65.4 Å². The molecule has 0 aromatic carbocycles. The second-order valence-corrected chi connectivity index (χ2v) is 2.47. The van der Waals surface area contributed by atoms with Crippen LogP contribution < -0.4 is 5.73 Å². The average molecular weight is 159 g/mol. The van der Waals surface area contributed by atoms with Crippen LogP contribution in [0.3, 0.4) is 0 Å². The van der Waals surface area contributed by atoms with Gasteiger partial charge in [0.25, 0.3) is 0 Å². The van der Waals surface area contributed by atoms with E-state index in [2.05, 4.69) is 0 Å². The van der Waals surface area contributed by atoms with Gasteiger partial charge in [0.05, 0.1) is 0 Å². The molecule has 2 atom stereocenters. The number of carbonyl (C=O) groups is 2. The Morgan fingerprint density at radius 1 is 1.55 bits per heavy atom. The molecule has 0 aliphatic rings. The molecule has 3 N–H and O–H groups in total. The Bertz CT molecular complexity index is 167. The van der Waals surface area contributed by atoms with Crippen molar-refractivity contribution < 1.29 is 14.7 Å². The fourth-order valence-corrected chi connectivity index (χ4v) is 0.736. The minimum absolute atomic E-state index is 0.111. The van der Waals surface area contributed by atoms with Gasteiger partial charge in [-0.25, -0.2) is 0 Å². The maximum atomic E-state index is 10.9. The molecule has 0 saturated heterocycles. The quantitative estimate of drug-likeness (QED) is 0.605. The predicted molar refractivity (Wildman–Crippen MR) is 40.1 cm³/mol. The van der Waals surface area contributed by atoms with Crippen LogP contribution in [-0.4, -0.2) is 22.9 Å². The van der Waals surface area contributed by atoms with Crippen LogP contribution >= 0.6 is 0 Å². The van der Waals surface area contributed by atoms with Crippen LogP contribution in [0.1, 0.15) is 20.3 Å². The van der Waals surface area contributed by atoms with Gasteiger partial charge in [-0.15, -0.1) is 0 Å². The summed E-state index contributed by atoms with van der Waals surface area (Å²) in [6.45, 7) is 3.22. The van der Waals surface area contributed by atoms with Gasteiger partial charge >= 0.3 is 5.97 Å². The molecule has 0 aromatic rings. The monoisotopic (exact) mass is 159 g/mol. The van der Waals surface area contributed by atoms with Gasteiger partial charge < -0.3 is 10.8 Å². The van der Waals surface area contributed by atoms with Crippen molar-refractivity contribution in [3.05, 3.63) is 0 Å². The van der Waals surface area contributed by atoms with Crippen LogP contribution in [0, 0.1) is 5.92 Å². The Morgan fingerprint density at radius 2 is 2.00 bits per heavy atom. The second kappa shape index (κ2) is 4.08. The molecule has 0 aliphatic heterocycles. The SMILES string of the molecule is CCC(=O)[C@H](C)[C@H](N)C(=O)O. The van der Waals surface area contributed by atoms with Crippen molar-refractivity contribution in [2.24, 2.45) is 11.7 Å². The summed E-state index contributed by atoms with van der Waals surface area (Å²) in [5.41, 5.74) is 5.22. The summed E-state index contributed by atoms with van der Waals surface area (Å²) >= 11 is 0. The van der Waals surface area contributed by atoms with E-state index in [1.807, 2.05) is 0 Å². The molecule has 4 heteroatoms. The lowest BCUT2D eigenvalue weighted by Crippen LogP contribution is -2.40. The molecule has 0 rings (SSSR count). The lowest BCUT2D eigenvalue weighted by molar-refractivity contribution is -0.142. The highest BCUT2D eigenvalue weighted by Gasteiger charge is 2.24. The minimum Gasteiger partial charge on any atom is -0.480 e. The number of carboxylic acid groups (broad SMARTS) is 1. The molecule has 4 nitrogen and oxygen atoms in total. The number of hydrogen-bond donors (Lipinski definition) is 2. The van der Waals surface area contributed by atoms with Crippen molar-refractivity contribution in [2.75, 3.05) is 0 Å². The molecule has 0 spiro atoms. The molecule has 0 aliphatic carbocycles. The number of hydrogen-bond acceptors (Lipinski definition) is 3. The smallest absolute Gasteiger partial charge is 0.321 e. The van der Waals surface area contributed by atoms with Gasteiger partial charge in [-0.2, -0.15) is 0 Å². The van der Waals surface area contributed by atoms with Gasteiger partial charge in [-0.3, -0.25) is 9.59 Å². The third-order valence-electron chi connectivity index (χ3n) is 1.68. The third kappa shape index (κ3) is 2.67.